The standard InChI is InChI=1S/C24H25N5O2/c30-23(27-19-10-12-20(13-11-19)28-16-25-15-26-28)22-14-18-8-4-5-9-21(18)29(22)24(31)17-6-2-1-3-7-17/h1-3,6-7,10-13,15-16,18,21-22H,4-5,8-9,14H2,(H,27,30). The number of nitrogens with one attached hydrogen (secondary N) is 1. The predicted molar refractivity (Wildman–Crippen MR) is 117 cm³/mol. The van der Waals surface area contributed by atoms with Crippen LogP contribution in [-0.4, -0.2) is 43.6 Å². The number of anilines is 1. The summed E-state index contributed by atoms with van der Waals surface area (Å²) in [7, 11) is 0. The number of likely N-dealkylation sites (tertiary alicyclic amines) is 1. The number of rotatable bonds is 4. The van der Waals surface area contributed by atoms with E-state index < -0.39 is 6.04 Å². The maximum atomic E-state index is 13.4. The lowest BCUT2D eigenvalue weighted by atomic mass is 9.84. The van der Waals surface area contributed by atoms with Crippen LogP contribution in [-0.2, 0) is 4.79 Å². The van der Waals surface area contributed by atoms with Crippen molar-refractivity contribution in [2.24, 2.45) is 5.92 Å². The van der Waals surface area contributed by atoms with Crippen molar-refractivity contribution < 1.29 is 9.59 Å². The first-order valence-electron chi connectivity index (χ1n) is 10.8. The second kappa shape index (κ2) is 8.34. The molecular weight excluding hydrogens is 390 g/mol. The molecule has 0 radical (unpaired) electrons. The molecule has 2 heterocycles. The van der Waals surface area contributed by atoms with E-state index in [9.17, 15) is 9.59 Å². The van der Waals surface area contributed by atoms with Crippen molar-refractivity contribution in [2.45, 2.75) is 44.2 Å². The SMILES string of the molecule is O=C(Nc1ccc(-n2cncn2)cc1)C1CC2CCCCC2N1C(=O)c1ccccc1. The minimum absolute atomic E-state index is 0.0447. The Labute approximate surface area is 181 Å². The monoisotopic (exact) mass is 415 g/mol. The quantitative estimate of drug-likeness (QED) is 0.705. The molecule has 0 spiro atoms. The van der Waals surface area contributed by atoms with Gasteiger partial charge in [0.1, 0.15) is 18.7 Å². The van der Waals surface area contributed by atoms with Crippen LogP contribution in [0.15, 0.2) is 67.3 Å². The molecule has 3 atom stereocenters. The second-order valence-corrected chi connectivity index (χ2v) is 8.32. The Morgan fingerprint density at radius 1 is 0.968 bits per heavy atom. The van der Waals surface area contributed by atoms with Crippen molar-refractivity contribution >= 4 is 17.5 Å². The Balaban J connectivity index is 1.36. The van der Waals surface area contributed by atoms with Gasteiger partial charge in [-0.15, -0.1) is 0 Å². The van der Waals surface area contributed by atoms with Crippen molar-refractivity contribution in [3.8, 4) is 5.69 Å². The molecule has 5 rings (SSSR count). The lowest BCUT2D eigenvalue weighted by Gasteiger charge is -2.33. The molecule has 2 aliphatic rings. The van der Waals surface area contributed by atoms with Crippen molar-refractivity contribution in [3.05, 3.63) is 72.8 Å². The number of hydrogen-bond acceptors (Lipinski definition) is 4. The molecule has 7 heteroatoms. The fourth-order valence-electron chi connectivity index (χ4n) is 4.98. The van der Waals surface area contributed by atoms with E-state index in [0.717, 1.165) is 31.4 Å². The van der Waals surface area contributed by atoms with E-state index in [-0.39, 0.29) is 17.9 Å². The van der Waals surface area contributed by atoms with E-state index in [4.69, 9.17) is 0 Å². The Morgan fingerprint density at radius 3 is 2.48 bits per heavy atom. The third-order valence-corrected chi connectivity index (χ3v) is 6.46. The Kier molecular flexibility index (Phi) is 5.24. The molecule has 2 aromatic carbocycles. The summed E-state index contributed by atoms with van der Waals surface area (Å²) < 4.78 is 1.66. The maximum absolute atomic E-state index is 13.4. The van der Waals surface area contributed by atoms with Crippen LogP contribution >= 0.6 is 0 Å². The maximum Gasteiger partial charge on any atom is 0.254 e. The zero-order valence-electron chi connectivity index (χ0n) is 17.2. The molecular formula is C24H25N5O2. The number of hydrogen-bond donors (Lipinski definition) is 1. The van der Waals surface area contributed by atoms with Crippen LogP contribution < -0.4 is 5.32 Å². The highest BCUT2D eigenvalue weighted by molar-refractivity contribution is 6.01. The van der Waals surface area contributed by atoms with E-state index in [1.54, 1.807) is 11.0 Å². The van der Waals surface area contributed by atoms with Gasteiger partial charge < -0.3 is 10.2 Å². The van der Waals surface area contributed by atoms with Crippen LogP contribution in [0.4, 0.5) is 5.69 Å². The van der Waals surface area contributed by atoms with Gasteiger partial charge >= 0.3 is 0 Å². The van der Waals surface area contributed by atoms with Crippen LogP contribution in [0.3, 0.4) is 0 Å². The molecule has 2 amide bonds. The molecule has 2 fully saturated rings. The highest BCUT2D eigenvalue weighted by Crippen LogP contribution is 2.40. The number of carbonyl (C=O) groups excluding carboxylic acids is 2. The largest absolute Gasteiger partial charge is 0.324 e. The zero-order valence-corrected chi connectivity index (χ0v) is 17.2. The molecule has 158 valence electrons. The van der Waals surface area contributed by atoms with Gasteiger partial charge in [-0.3, -0.25) is 9.59 Å². The zero-order chi connectivity index (χ0) is 21.2. The summed E-state index contributed by atoms with van der Waals surface area (Å²) in [5.74, 6) is 0.232. The Bertz CT molecular complexity index is 1050. The van der Waals surface area contributed by atoms with Crippen LogP contribution in [0.5, 0.6) is 0 Å². The summed E-state index contributed by atoms with van der Waals surface area (Å²) >= 11 is 0. The molecule has 1 saturated heterocycles. The van der Waals surface area contributed by atoms with Crippen molar-refractivity contribution in [1.82, 2.24) is 19.7 Å². The molecule has 7 nitrogen and oxygen atoms in total. The Hall–Kier alpha value is -3.48. The molecule has 0 bridgehead atoms. The van der Waals surface area contributed by atoms with Gasteiger partial charge in [0.05, 0.1) is 5.69 Å². The van der Waals surface area contributed by atoms with E-state index in [1.165, 1.54) is 12.7 Å². The first-order valence-corrected chi connectivity index (χ1v) is 10.8. The van der Waals surface area contributed by atoms with Crippen molar-refractivity contribution in [2.75, 3.05) is 5.32 Å². The fourth-order valence-corrected chi connectivity index (χ4v) is 4.98. The highest BCUT2D eigenvalue weighted by Gasteiger charge is 2.47. The lowest BCUT2D eigenvalue weighted by molar-refractivity contribution is -0.120. The summed E-state index contributed by atoms with van der Waals surface area (Å²) in [5, 5.41) is 7.14. The minimum Gasteiger partial charge on any atom is -0.324 e. The van der Waals surface area contributed by atoms with Crippen LogP contribution in [0.2, 0.25) is 0 Å². The normalized spacial score (nSPS) is 22.7. The summed E-state index contributed by atoms with van der Waals surface area (Å²) in [4.78, 5) is 32.5. The second-order valence-electron chi connectivity index (χ2n) is 8.32. The fraction of sp³-hybridized carbons (Fsp3) is 0.333. The number of aromatic nitrogens is 3. The highest BCUT2D eigenvalue weighted by atomic mass is 16.2. The van der Waals surface area contributed by atoms with E-state index in [1.807, 2.05) is 59.5 Å². The van der Waals surface area contributed by atoms with Crippen LogP contribution in [0.1, 0.15) is 42.5 Å². The van der Waals surface area contributed by atoms with E-state index in [2.05, 4.69) is 15.4 Å². The summed E-state index contributed by atoms with van der Waals surface area (Å²) in [6, 6.07) is 16.4. The van der Waals surface area contributed by atoms with Gasteiger partial charge in [0, 0.05) is 17.3 Å². The molecule has 31 heavy (non-hydrogen) atoms. The molecule has 1 saturated carbocycles. The van der Waals surface area contributed by atoms with E-state index in [0.29, 0.717) is 17.2 Å². The lowest BCUT2D eigenvalue weighted by Crippen LogP contribution is -2.47. The molecule has 1 N–H and O–H groups in total. The van der Waals surface area contributed by atoms with Crippen LogP contribution in [0.25, 0.3) is 5.69 Å². The van der Waals surface area contributed by atoms with Gasteiger partial charge in [0.25, 0.3) is 5.91 Å². The summed E-state index contributed by atoms with van der Waals surface area (Å²) in [6.45, 7) is 0. The molecule has 1 aliphatic carbocycles. The minimum atomic E-state index is -0.448. The molecule has 1 aromatic heterocycles. The van der Waals surface area contributed by atoms with Gasteiger partial charge in [-0.1, -0.05) is 31.0 Å². The van der Waals surface area contributed by atoms with Gasteiger partial charge in [0.2, 0.25) is 5.91 Å². The van der Waals surface area contributed by atoms with Crippen molar-refractivity contribution in [3.63, 3.8) is 0 Å². The number of amides is 2. The third kappa shape index (κ3) is 3.83. The number of benzene rings is 2. The van der Waals surface area contributed by atoms with Crippen molar-refractivity contribution in [1.29, 1.82) is 0 Å². The summed E-state index contributed by atoms with van der Waals surface area (Å²) in [6.07, 6.45) is 8.17. The topological polar surface area (TPSA) is 80.1 Å². The molecule has 3 unspecified atom stereocenters. The van der Waals surface area contributed by atoms with Gasteiger partial charge in [-0.25, -0.2) is 9.67 Å². The number of nitrogens with zero attached hydrogens (tertiary/aromatic N) is 4. The Morgan fingerprint density at radius 2 is 1.74 bits per heavy atom. The predicted octanol–water partition coefficient (Wildman–Crippen LogP) is 3.68. The smallest absolute Gasteiger partial charge is 0.254 e. The first kappa shape index (κ1) is 19.5. The first-order chi connectivity index (χ1) is 15.2. The van der Waals surface area contributed by atoms with E-state index >= 15 is 0 Å². The van der Waals surface area contributed by atoms with Crippen LogP contribution in [0, 0.1) is 5.92 Å². The average molecular weight is 415 g/mol. The van der Waals surface area contributed by atoms with Gasteiger partial charge in [-0.05, 0) is 61.6 Å². The third-order valence-electron chi connectivity index (χ3n) is 6.46. The molecule has 1 aliphatic heterocycles. The number of fused-ring (bicyclic) bond motifs is 1. The average Bonchev–Trinajstić information content (AvgIpc) is 3.48. The molecule has 3 aromatic rings. The van der Waals surface area contributed by atoms with Gasteiger partial charge in [-0.2, -0.15) is 5.10 Å². The van der Waals surface area contributed by atoms with Gasteiger partial charge in [0.15, 0.2) is 0 Å². The summed E-state index contributed by atoms with van der Waals surface area (Å²) in [5.41, 5.74) is 2.21. The number of carbonyl (C=O) groups is 2.